The number of benzene rings is 3. The van der Waals surface area contributed by atoms with E-state index in [9.17, 15) is 4.79 Å². The number of hydrogen-bond acceptors (Lipinski definition) is 2. The molecule has 1 aromatic heterocycles. The lowest BCUT2D eigenvalue weighted by Gasteiger charge is -2.08. The fourth-order valence-electron chi connectivity index (χ4n) is 2.98. The molecular formula is C22H19N3O. The number of amides is 1. The van der Waals surface area contributed by atoms with Crippen molar-refractivity contribution in [3.63, 3.8) is 0 Å². The van der Waals surface area contributed by atoms with Gasteiger partial charge in [0.05, 0.1) is 6.42 Å². The van der Waals surface area contributed by atoms with Gasteiger partial charge in [-0.15, -0.1) is 0 Å². The molecule has 4 rings (SSSR count). The molecule has 1 amide bonds. The minimum absolute atomic E-state index is 0.0291. The quantitative estimate of drug-likeness (QED) is 0.473. The van der Waals surface area contributed by atoms with Crippen molar-refractivity contribution in [3.05, 3.63) is 90.6 Å². The van der Waals surface area contributed by atoms with Gasteiger partial charge in [0.15, 0.2) is 0 Å². The van der Waals surface area contributed by atoms with E-state index >= 15 is 0 Å². The Morgan fingerprint density at radius 2 is 1.42 bits per heavy atom. The molecule has 0 bridgehead atoms. The Labute approximate surface area is 151 Å². The van der Waals surface area contributed by atoms with Crippen LogP contribution >= 0.6 is 0 Å². The number of nitrogens with one attached hydrogen (secondary N) is 3. The predicted molar refractivity (Wildman–Crippen MR) is 107 cm³/mol. The Balaban J connectivity index is 1.40. The zero-order chi connectivity index (χ0) is 17.8. The lowest BCUT2D eigenvalue weighted by Crippen LogP contribution is -2.14. The van der Waals surface area contributed by atoms with Crippen molar-refractivity contribution in [2.75, 3.05) is 10.6 Å². The number of carbonyl (C=O) groups excluding carboxylic acids is 1. The van der Waals surface area contributed by atoms with E-state index in [4.69, 9.17) is 0 Å². The normalized spacial score (nSPS) is 10.6. The highest BCUT2D eigenvalue weighted by Crippen LogP contribution is 2.20. The van der Waals surface area contributed by atoms with Crippen LogP contribution < -0.4 is 10.6 Å². The summed E-state index contributed by atoms with van der Waals surface area (Å²) < 4.78 is 0. The van der Waals surface area contributed by atoms with Crippen molar-refractivity contribution in [3.8, 4) is 0 Å². The summed E-state index contributed by atoms with van der Waals surface area (Å²) in [6.07, 6.45) is 2.24. The first-order chi connectivity index (χ1) is 12.8. The number of para-hydroxylation sites is 2. The summed E-state index contributed by atoms with van der Waals surface area (Å²) in [7, 11) is 0. The summed E-state index contributed by atoms with van der Waals surface area (Å²) in [4.78, 5) is 15.6. The summed E-state index contributed by atoms with van der Waals surface area (Å²) in [6, 6.07) is 25.7. The third-order valence-corrected chi connectivity index (χ3v) is 4.26. The van der Waals surface area contributed by atoms with E-state index < -0.39 is 0 Å². The lowest BCUT2D eigenvalue weighted by atomic mass is 10.1. The van der Waals surface area contributed by atoms with Crippen LogP contribution in [0.3, 0.4) is 0 Å². The van der Waals surface area contributed by atoms with E-state index in [-0.39, 0.29) is 5.91 Å². The zero-order valence-corrected chi connectivity index (χ0v) is 14.2. The minimum atomic E-state index is -0.0291. The molecule has 0 radical (unpaired) electrons. The van der Waals surface area contributed by atoms with E-state index in [0.29, 0.717) is 6.42 Å². The molecule has 4 heteroatoms. The molecule has 4 aromatic rings. The van der Waals surface area contributed by atoms with E-state index in [0.717, 1.165) is 33.5 Å². The van der Waals surface area contributed by atoms with Crippen molar-refractivity contribution < 1.29 is 4.79 Å². The van der Waals surface area contributed by atoms with Gasteiger partial charge in [-0.05, 0) is 48.0 Å². The molecule has 1 heterocycles. The fraction of sp³-hybridized carbons (Fsp3) is 0.0455. The van der Waals surface area contributed by atoms with Crippen molar-refractivity contribution >= 4 is 33.9 Å². The maximum atomic E-state index is 12.4. The SMILES string of the molecule is O=C(Cc1c[nH]c2ccccc12)Nc1ccc(Nc2ccccc2)cc1. The van der Waals surface area contributed by atoms with Crippen molar-refractivity contribution in [1.82, 2.24) is 4.98 Å². The standard InChI is InChI=1S/C22H19N3O/c26-22(14-16-15-23-21-9-5-4-8-20(16)21)25-19-12-10-18(11-13-19)24-17-6-2-1-3-7-17/h1-13,15,23-24H,14H2,(H,25,26). The van der Waals surface area contributed by atoms with Crippen LogP contribution in [0.2, 0.25) is 0 Å². The van der Waals surface area contributed by atoms with Gasteiger partial charge >= 0.3 is 0 Å². The molecule has 128 valence electrons. The highest BCUT2D eigenvalue weighted by molar-refractivity contribution is 5.95. The summed E-state index contributed by atoms with van der Waals surface area (Å²) >= 11 is 0. The maximum absolute atomic E-state index is 12.4. The van der Waals surface area contributed by atoms with Gasteiger partial charge < -0.3 is 15.6 Å². The molecule has 0 saturated heterocycles. The number of fused-ring (bicyclic) bond motifs is 1. The van der Waals surface area contributed by atoms with Gasteiger partial charge in [0.25, 0.3) is 0 Å². The van der Waals surface area contributed by atoms with E-state index in [2.05, 4.69) is 15.6 Å². The van der Waals surface area contributed by atoms with Gasteiger partial charge in [-0.2, -0.15) is 0 Å². The summed E-state index contributed by atoms with van der Waals surface area (Å²) in [6.45, 7) is 0. The molecule has 0 fully saturated rings. The largest absolute Gasteiger partial charge is 0.361 e. The van der Waals surface area contributed by atoms with Crippen LogP contribution in [0.15, 0.2) is 85.1 Å². The lowest BCUT2D eigenvalue weighted by molar-refractivity contribution is -0.115. The topological polar surface area (TPSA) is 56.9 Å². The van der Waals surface area contributed by atoms with Gasteiger partial charge in [0.1, 0.15) is 0 Å². The number of hydrogen-bond donors (Lipinski definition) is 3. The second-order valence-electron chi connectivity index (χ2n) is 6.15. The molecular weight excluding hydrogens is 322 g/mol. The van der Waals surface area contributed by atoms with E-state index in [1.807, 2.05) is 85.1 Å². The summed E-state index contributed by atoms with van der Waals surface area (Å²) in [5.74, 6) is -0.0291. The third kappa shape index (κ3) is 3.59. The number of rotatable bonds is 5. The molecule has 26 heavy (non-hydrogen) atoms. The van der Waals surface area contributed by atoms with Gasteiger partial charge in [-0.25, -0.2) is 0 Å². The highest BCUT2D eigenvalue weighted by atomic mass is 16.1. The van der Waals surface area contributed by atoms with Crippen LogP contribution in [0.4, 0.5) is 17.1 Å². The smallest absolute Gasteiger partial charge is 0.228 e. The predicted octanol–water partition coefficient (Wildman–Crippen LogP) is 5.09. The van der Waals surface area contributed by atoms with E-state index in [1.165, 1.54) is 0 Å². The zero-order valence-electron chi connectivity index (χ0n) is 14.2. The number of carbonyl (C=O) groups is 1. The number of aromatic nitrogens is 1. The second kappa shape index (κ2) is 7.15. The first kappa shape index (κ1) is 16.0. The average Bonchev–Trinajstić information content (AvgIpc) is 3.07. The van der Waals surface area contributed by atoms with Crippen LogP contribution in [0.1, 0.15) is 5.56 Å². The molecule has 4 nitrogen and oxygen atoms in total. The number of H-pyrrole nitrogens is 1. The highest BCUT2D eigenvalue weighted by Gasteiger charge is 2.09. The average molecular weight is 341 g/mol. The minimum Gasteiger partial charge on any atom is -0.361 e. The van der Waals surface area contributed by atoms with Crippen molar-refractivity contribution in [2.24, 2.45) is 0 Å². The Morgan fingerprint density at radius 3 is 2.23 bits per heavy atom. The van der Waals surface area contributed by atoms with Crippen molar-refractivity contribution in [1.29, 1.82) is 0 Å². The molecule has 0 aliphatic heterocycles. The first-order valence-corrected chi connectivity index (χ1v) is 8.55. The Hall–Kier alpha value is -3.53. The van der Waals surface area contributed by atoms with Crippen LogP contribution in [0.5, 0.6) is 0 Å². The fourth-order valence-corrected chi connectivity index (χ4v) is 2.98. The maximum Gasteiger partial charge on any atom is 0.228 e. The van der Waals surface area contributed by atoms with E-state index in [1.54, 1.807) is 0 Å². The Kier molecular flexibility index (Phi) is 4.39. The van der Waals surface area contributed by atoms with Gasteiger partial charge in [0, 0.05) is 34.2 Å². The Bertz CT molecular complexity index is 1020. The molecule has 0 atom stereocenters. The van der Waals surface area contributed by atoms with Crippen LogP contribution in [0, 0.1) is 0 Å². The van der Waals surface area contributed by atoms with Crippen LogP contribution in [-0.2, 0) is 11.2 Å². The number of anilines is 3. The molecule has 0 aliphatic carbocycles. The molecule has 3 aromatic carbocycles. The Morgan fingerprint density at radius 1 is 0.769 bits per heavy atom. The third-order valence-electron chi connectivity index (χ3n) is 4.26. The molecule has 0 unspecified atom stereocenters. The first-order valence-electron chi connectivity index (χ1n) is 8.55. The van der Waals surface area contributed by atoms with Crippen molar-refractivity contribution in [2.45, 2.75) is 6.42 Å². The van der Waals surface area contributed by atoms with Gasteiger partial charge in [-0.1, -0.05) is 36.4 Å². The van der Waals surface area contributed by atoms with Gasteiger partial charge in [0.2, 0.25) is 5.91 Å². The second-order valence-corrected chi connectivity index (χ2v) is 6.15. The van der Waals surface area contributed by atoms with Gasteiger partial charge in [-0.3, -0.25) is 4.79 Å². The summed E-state index contributed by atoms with van der Waals surface area (Å²) in [5.41, 5.74) is 4.84. The molecule has 0 spiro atoms. The van der Waals surface area contributed by atoms with Crippen LogP contribution in [-0.4, -0.2) is 10.9 Å². The summed E-state index contributed by atoms with van der Waals surface area (Å²) in [5, 5.41) is 7.37. The molecule has 0 saturated carbocycles. The molecule has 3 N–H and O–H groups in total. The van der Waals surface area contributed by atoms with Crippen LogP contribution in [0.25, 0.3) is 10.9 Å². The number of aromatic amines is 1. The molecule has 0 aliphatic rings. The monoisotopic (exact) mass is 341 g/mol.